The number of hydrogen-bond acceptors (Lipinski definition) is 3. The van der Waals surface area contributed by atoms with Crippen LogP contribution in [0.5, 0.6) is 0 Å². The van der Waals surface area contributed by atoms with Crippen molar-refractivity contribution in [3.05, 3.63) is 16.1 Å². The van der Waals surface area contributed by atoms with Gasteiger partial charge in [0.25, 0.3) is 0 Å². The zero-order valence-corrected chi connectivity index (χ0v) is 11.9. The standard InChI is InChI=1S/C14H24N2S/c1-3-7-15-13-6-4-5-12(8-13)9-14-10-17-11(2)16-14/h10,12-13,15H,3-9H2,1-2H3. The van der Waals surface area contributed by atoms with Gasteiger partial charge in [-0.1, -0.05) is 13.3 Å². The zero-order chi connectivity index (χ0) is 12.1. The summed E-state index contributed by atoms with van der Waals surface area (Å²) in [6.07, 6.45) is 7.92. The summed E-state index contributed by atoms with van der Waals surface area (Å²) in [6, 6.07) is 0.758. The number of thiazole rings is 1. The predicted octanol–water partition coefficient (Wildman–Crippen LogP) is 3.55. The molecule has 1 heterocycles. The highest BCUT2D eigenvalue weighted by molar-refractivity contribution is 7.09. The predicted molar refractivity (Wildman–Crippen MR) is 74.6 cm³/mol. The van der Waals surface area contributed by atoms with E-state index in [4.69, 9.17) is 0 Å². The Balaban J connectivity index is 1.80. The van der Waals surface area contributed by atoms with E-state index in [1.54, 1.807) is 11.3 Å². The number of nitrogens with one attached hydrogen (secondary N) is 1. The second kappa shape index (κ2) is 6.50. The quantitative estimate of drug-likeness (QED) is 0.867. The third-order valence-corrected chi connectivity index (χ3v) is 4.45. The first-order chi connectivity index (χ1) is 8.28. The van der Waals surface area contributed by atoms with Gasteiger partial charge in [0, 0.05) is 11.4 Å². The van der Waals surface area contributed by atoms with E-state index in [-0.39, 0.29) is 0 Å². The van der Waals surface area contributed by atoms with E-state index in [2.05, 4.69) is 29.5 Å². The third-order valence-electron chi connectivity index (χ3n) is 3.63. The smallest absolute Gasteiger partial charge is 0.0897 e. The van der Waals surface area contributed by atoms with Crippen LogP contribution < -0.4 is 5.32 Å². The van der Waals surface area contributed by atoms with Crippen molar-refractivity contribution in [2.75, 3.05) is 6.54 Å². The molecule has 1 saturated carbocycles. The monoisotopic (exact) mass is 252 g/mol. The summed E-state index contributed by atoms with van der Waals surface area (Å²) in [5.41, 5.74) is 1.31. The van der Waals surface area contributed by atoms with E-state index < -0.39 is 0 Å². The molecular weight excluding hydrogens is 228 g/mol. The lowest BCUT2D eigenvalue weighted by Crippen LogP contribution is -2.35. The Kier molecular flexibility index (Phi) is 4.99. The van der Waals surface area contributed by atoms with Crippen LogP contribution in [0.3, 0.4) is 0 Å². The van der Waals surface area contributed by atoms with Crippen LogP contribution in [-0.2, 0) is 6.42 Å². The van der Waals surface area contributed by atoms with Crippen LogP contribution in [0.2, 0.25) is 0 Å². The molecule has 1 N–H and O–H groups in total. The maximum atomic E-state index is 4.59. The van der Waals surface area contributed by atoms with Gasteiger partial charge in [0.15, 0.2) is 0 Å². The largest absolute Gasteiger partial charge is 0.314 e. The van der Waals surface area contributed by atoms with Crippen molar-refractivity contribution in [2.24, 2.45) is 5.92 Å². The fourth-order valence-electron chi connectivity index (χ4n) is 2.81. The van der Waals surface area contributed by atoms with Crippen LogP contribution in [0.25, 0.3) is 0 Å². The number of rotatable bonds is 5. The zero-order valence-electron chi connectivity index (χ0n) is 11.0. The number of hydrogen-bond donors (Lipinski definition) is 1. The Bertz CT molecular complexity index is 335. The van der Waals surface area contributed by atoms with Crippen LogP contribution in [0.4, 0.5) is 0 Å². The van der Waals surface area contributed by atoms with Crippen LogP contribution in [0.15, 0.2) is 5.38 Å². The van der Waals surface area contributed by atoms with Crippen LogP contribution in [-0.4, -0.2) is 17.6 Å². The van der Waals surface area contributed by atoms with Crippen LogP contribution >= 0.6 is 11.3 Å². The molecule has 0 aliphatic heterocycles. The van der Waals surface area contributed by atoms with E-state index in [0.717, 1.165) is 12.0 Å². The molecule has 1 aromatic rings. The lowest BCUT2D eigenvalue weighted by atomic mass is 9.83. The van der Waals surface area contributed by atoms with Gasteiger partial charge in [-0.25, -0.2) is 4.98 Å². The molecule has 1 fully saturated rings. The van der Waals surface area contributed by atoms with E-state index in [9.17, 15) is 0 Å². The van der Waals surface area contributed by atoms with Gasteiger partial charge in [0.1, 0.15) is 0 Å². The van der Waals surface area contributed by atoms with E-state index >= 15 is 0 Å². The average molecular weight is 252 g/mol. The van der Waals surface area contributed by atoms with Gasteiger partial charge in [0.05, 0.1) is 10.7 Å². The molecule has 0 radical (unpaired) electrons. The fourth-order valence-corrected chi connectivity index (χ4v) is 3.43. The molecule has 0 aromatic carbocycles. The molecule has 2 nitrogen and oxygen atoms in total. The van der Waals surface area contributed by atoms with E-state index in [0.29, 0.717) is 0 Å². The minimum atomic E-state index is 0.758. The molecule has 3 heteroatoms. The van der Waals surface area contributed by atoms with Crippen molar-refractivity contribution in [1.29, 1.82) is 0 Å². The summed E-state index contributed by atoms with van der Waals surface area (Å²) < 4.78 is 0. The van der Waals surface area contributed by atoms with Gasteiger partial charge in [-0.15, -0.1) is 11.3 Å². The maximum Gasteiger partial charge on any atom is 0.0897 e. The second-order valence-electron chi connectivity index (χ2n) is 5.25. The SMILES string of the molecule is CCCNC1CCCC(Cc2csc(C)n2)C1. The number of aromatic nitrogens is 1. The summed E-state index contributed by atoms with van der Waals surface area (Å²) in [7, 11) is 0. The van der Waals surface area contributed by atoms with Gasteiger partial charge in [-0.05, 0) is 51.5 Å². The second-order valence-corrected chi connectivity index (χ2v) is 6.31. The van der Waals surface area contributed by atoms with Crippen LogP contribution in [0.1, 0.15) is 49.7 Å². The Morgan fingerprint density at radius 3 is 3.06 bits per heavy atom. The number of nitrogens with zero attached hydrogens (tertiary/aromatic N) is 1. The van der Waals surface area contributed by atoms with Gasteiger partial charge in [-0.2, -0.15) is 0 Å². The fraction of sp³-hybridized carbons (Fsp3) is 0.786. The molecule has 0 spiro atoms. The summed E-state index contributed by atoms with van der Waals surface area (Å²) in [6.45, 7) is 5.51. The van der Waals surface area contributed by atoms with Crippen molar-refractivity contribution in [1.82, 2.24) is 10.3 Å². The number of aryl methyl sites for hydroxylation is 1. The van der Waals surface area contributed by atoms with Crippen molar-refractivity contribution in [2.45, 2.75) is 58.4 Å². The molecule has 1 aliphatic carbocycles. The maximum absolute atomic E-state index is 4.59. The summed E-state index contributed by atoms with van der Waals surface area (Å²) in [4.78, 5) is 4.59. The Labute approximate surface area is 109 Å². The van der Waals surface area contributed by atoms with Crippen molar-refractivity contribution in [3.8, 4) is 0 Å². The Morgan fingerprint density at radius 2 is 2.35 bits per heavy atom. The molecule has 2 unspecified atom stereocenters. The highest BCUT2D eigenvalue weighted by atomic mass is 32.1. The Hall–Kier alpha value is -0.410. The normalized spacial score (nSPS) is 25.1. The van der Waals surface area contributed by atoms with Gasteiger partial charge in [0.2, 0.25) is 0 Å². The summed E-state index contributed by atoms with van der Waals surface area (Å²) >= 11 is 1.78. The Morgan fingerprint density at radius 1 is 1.47 bits per heavy atom. The molecule has 17 heavy (non-hydrogen) atoms. The molecule has 96 valence electrons. The van der Waals surface area contributed by atoms with Crippen molar-refractivity contribution in [3.63, 3.8) is 0 Å². The van der Waals surface area contributed by atoms with Gasteiger partial charge < -0.3 is 5.32 Å². The molecular formula is C14H24N2S. The third kappa shape index (κ3) is 4.07. The highest BCUT2D eigenvalue weighted by Gasteiger charge is 2.22. The molecule has 0 saturated heterocycles. The summed E-state index contributed by atoms with van der Waals surface area (Å²) in [5.74, 6) is 0.847. The minimum Gasteiger partial charge on any atom is -0.314 e. The topological polar surface area (TPSA) is 24.9 Å². The first-order valence-corrected chi connectivity index (χ1v) is 7.80. The first-order valence-electron chi connectivity index (χ1n) is 6.92. The molecule has 1 aliphatic rings. The minimum absolute atomic E-state index is 0.758. The van der Waals surface area contributed by atoms with Gasteiger partial charge >= 0.3 is 0 Å². The van der Waals surface area contributed by atoms with E-state index in [1.165, 1.54) is 55.8 Å². The van der Waals surface area contributed by atoms with Crippen molar-refractivity contribution >= 4 is 11.3 Å². The average Bonchev–Trinajstić information content (AvgIpc) is 2.73. The lowest BCUT2D eigenvalue weighted by Gasteiger charge is -2.29. The molecule has 2 atom stereocenters. The first kappa shape index (κ1) is 13.0. The lowest BCUT2D eigenvalue weighted by molar-refractivity contribution is 0.283. The highest BCUT2D eigenvalue weighted by Crippen LogP contribution is 2.27. The van der Waals surface area contributed by atoms with E-state index in [1.807, 2.05) is 0 Å². The summed E-state index contributed by atoms with van der Waals surface area (Å²) in [5, 5.41) is 7.11. The van der Waals surface area contributed by atoms with Gasteiger partial charge in [-0.3, -0.25) is 0 Å². The van der Waals surface area contributed by atoms with Crippen molar-refractivity contribution < 1.29 is 0 Å². The molecule has 0 amide bonds. The molecule has 0 bridgehead atoms. The molecule has 1 aromatic heterocycles. The van der Waals surface area contributed by atoms with Crippen LogP contribution in [0, 0.1) is 12.8 Å². The molecule has 2 rings (SSSR count).